The molecule has 0 fully saturated rings. The SMILES string of the molecule is COc1cc(/C=C/[N+](=O)[O-])cc(Br)c1OC(C)=O. The lowest BCUT2D eigenvalue weighted by atomic mass is 10.2. The first-order valence-electron chi connectivity index (χ1n) is 4.81. The molecular formula is C11H10BrNO5. The summed E-state index contributed by atoms with van der Waals surface area (Å²) in [6, 6.07) is 3.11. The van der Waals surface area contributed by atoms with E-state index in [9.17, 15) is 14.9 Å². The van der Waals surface area contributed by atoms with Crippen molar-refractivity contribution in [2.75, 3.05) is 7.11 Å². The van der Waals surface area contributed by atoms with Crippen LogP contribution in [0.25, 0.3) is 6.08 Å². The van der Waals surface area contributed by atoms with Crippen LogP contribution in [0.3, 0.4) is 0 Å². The van der Waals surface area contributed by atoms with Crippen LogP contribution >= 0.6 is 15.9 Å². The van der Waals surface area contributed by atoms with Crippen LogP contribution in [0.15, 0.2) is 22.8 Å². The number of nitrogens with zero attached hydrogens (tertiary/aromatic N) is 1. The minimum absolute atomic E-state index is 0.239. The van der Waals surface area contributed by atoms with Crippen LogP contribution in [0.4, 0.5) is 0 Å². The van der Waals surface area contributed by atoms with E-state index < -0.39 is 10.9 Å². The molecule has 7 heteroatoms. The normalized spacial score (nSPS) is 10.4. The highest BCUT2D eigenvalue weighted by atomic mass is 79.9. The predicted octanol–water partition coefficient (Wildman–Crippen LogP) is 2.63. The first-order valence-corrected chi connectivity index (χ1v) is 5.61. The summed E-state index contributed by atoms with van der Waals surface area (Å²) in [6.07, 6.45) is 2.12. The quantitative estimate of drug-likeness (QED) is 0.369. The van der Waals surface area contributed by atoms with Crippen LogP contribution in [0.5, 0.6) is 11.5 Å². The maximum Gasteiger partial charge on any atom is 0.308 e. The van der Waals surface area contributed by atoms with Crippen molar-refractivity contribution >= 4 is 28.0 Å². The minimum Gasteiger partial charge on any atom is -0.493 e. The van der Waals surface area contributed by atoms with E-state index in [1.54, 1.807) is 6.07 Å². The van der Waals surface area contributed by atoms with Gasteiger partial charge in [0.15, 0.2) is 11.5 Å². The number of hydrogen-bond donors (Lipinski definition) is 0. The van der Waals surface area contributed by atoms with Crippen molar-refractivity contribution < 1.29 is 19.2 Å². The van der Waals surface area contributed by atoms with Gasteiger partial charge in [0.25, 0.3) is 0 Å². The van der Waals surface area contributed by atoms with Gasteiger partial charge in [-0.1, -0.05) is 0 Å². The third kappa shape index (κ3) is 3.85. The van der Waals surface area contributed by atoms with Gasteiger partial charge in [-0.05, 0) is 33.6 Å². The second kappa shape index (κ2) is 6.15. The molecular weight excluding hydrogens is 306 g/mol. The highest BCUT2D eigenvalue weighted by Gasteiger charge is 2.13. The fourth-order valence-corrected chi connectivity index (χ4v) is 1.77. The fourth-order valence-electron chi connectivity index (χ4n) is 1.23. The van der Waals surface area contributed by atoms with E-state index in [4.69, 9.17) is 9.47 Å². The highest BCUT2D eigenvalue weighted by Crippen LogP contribution is 2.37. The van der Waals surface area contributed by atoms with Crippen LogP contribution in [0.2, 0.25) is 0 Å². The Balaban J connectivity index is 3.17. The first kappa shape index (κ1) is 14.2. The molecule has 0 aliphatic heterocycles. The number of carbonyl (C=O) groups is 1. The Morgan fingerprint density at radius 1 is 1.50 bits per heavy atom. The maximum absolute atomic E-state index is 10.9. The van der Waals surface area contributed by atoms with Crippen molar-refractivity contribution in [3.63, 3.8) is 0 Å². The maximum atomic E-state index is 10.9. The molecule has 0 amide bonds. The average Bonchev–Trinajstić information content (AvgIpc) is 2.28. The summed E-state index contributed by atoms with van der Waals surface area (Å²) in [5.74, 6) is 0.0633. The number of nitro groups is 1. The number of methoxy groups -OCH3 is 1. The average molecular weight is 316 g/mol. The highest BCUT2D eigenvalue weighted by molar-refractivity contribution is 9.10. The van der Waals surface area contributed by atoms with Crippen molar-refractivity contribution in [3.8, 4) is 11.5 Å². The van der Waals surface area contributed by atoms with Crippen molar-refractivity contribution in [1.82, 2.24) is 0 Å². The Bertz CT molecular complexity index is 512. The van der Waals surface area contributed by atoms with Gasteiger partial charge < -0.3 is 9.47 Å². The molecule has 0 saturated carbocycles. The van der Waals surface area contributed by atoms with Crippen LogP contribution in [0.1, 0.15) is 12.5 Å². The summed E-state index contributed by atoms with van der Waals surface area (Å²) >= 11 is 3.21. The van der Waals surface area contributed by atoms with E-state index in [1.807, 2.05) is 0 Å². The zero-order valence-corrected chi connectivity index (χ0v) is 11.3. The summed E-state index contributed by atoms with van der Waals surface area (Å²) in [6.45, 7) is 1.27. The van der Waals surface area contributed by atoms with Gasteiger partial charge >= 0.3 is 5.97 Å². The molecule has 18 heavy (non-hydrogen) atoms. The lowest BCUT2D eigenvalue weighted by molar-refractivity contribution is -0.400. The van der Waals surface area contributed by atoms with Crippen LogP contribution in [0, 0.1) is 10.1 Å². The Kier molecular flexibility index (Phi) is 4.85. The standard InChI is InChI=1S/C11H10BrNO5/c1-7(14)18-11-9(12)5-8(3-4-13(15)16)6-10(11)17-2/h3-6H,1-2H3/b4-3+. The Hall–Kier alpha value is -1.89. The molecule has 0 aromatic heterocycles. The van der Waals surface area contributed by atoms with Gasteiger partial charge in [0.2, 0.25) is 6.20 Å². The number of rotatable bonds is 4. The number of halogens is 1. The lowest BCUT2D eigenvalue weighted by Gasteiger charge is -2.10. The molecule has 0 atom stereocenters. The van der Waals surface area contributed by atoms with E-state index in [0.717, 1.165) is 6.20 Å². The molecule has 0 unspecified atom stereocenters. The van der Waals surface area contributed by atoms with E-state index in [2.05, 4.69) is 15.9 Å². The van der Waals surface area contributed by atoms with Crippen molar-refractivity contribution in [2.45, 2.75) is 6.92 Å². The molecule has 1 aromatic rings. The van der Waals surface area contributed by atoms with Crippen molar-refractivity contribution in [2.24, 2.45) is 0 Å². The van der Waals surface area contributed by atoms with E-state index in [1.165, 1.54) is 26.2 Å². The summed E-state index contributed by atoms with van der Waals surface area (Å²) in [5.41, 5.74) is 0.548. The van der Waals surface area contributed by atoms with Crippen molar-refractivity contribution in [3.05, 3.63) is 38.5 Å². The summed E-state index contributed by atoms with van der Waals surface area (Å²) in [7, 11) is 1.41. The minimum atomic E-state index is -0.569. The van der Waals surface area contributed by atoms with E-state index in [-0.39, 0.29) is 5.75 Å². The van der Waals surface area contributed by atoms with E-state index in [0.29, 0.717) is 15.8 Å². The molecule has 0 bridgehead atoms. The fraction of sp³-hybridized carbons (Fsp3) is 0.182. The van der Waals surface area contributed by atoms with Gasteiger partial charge in [0.05, 0.1) is 16.5 Å². The third-order valence-electron chi connectivity index (χ3n) is 1.89. The Morgan fingerprint density at radius 2 is 2.17 bits per heavy atom. The Labute approximate surface area is 111 Å². The molecule has 6 nitrogen and oxygen atoms in total. The topological polar surface area (TPSA) is 78.7 Å². The molecule has 1 aromatic carbocycles. The molecule has 0 saturated heterocycles. The first-order chi connectivity index (χ1) is 8.43. The van der Waals surface area contributed by atoms with Gasteiger partial charge in [-0.25, -0.2) is 0 Å². The molecule has 96 valence electrons. The summed E-state index contributed by atoms with van der Waals surface area (Å²) < 4.78 is 10.5. The van der Waals surface area contributed by atoms with Gasteiger partial charge in [0, 0.05) is 13.0 Å². The number of esters is 1. The third-order valence-corrected chi connectivity index (χ3v) is 2.48. The van der Waals surface area contributed by atoms with Gasteiger partial charge in [-0.3, -0.25) is 14.9 Å². The van der Waals surface area contributed by atoms with Gasteiger partial charge in [0.1, 0.15) is 0 Å². The van der Waals surface area contributed by atoms with Gasteiger partial charge in [-0.2, -0.15) is 0 Å². The largest absolute Gasteiger partial charge is 0.493 e. The number of carbonyl (C=O) groups excluding carboxylic acids is 1. The second-order valence-corrected chi connectivity index (χ2v) is 4.08. The molecule has 0 heterocycles. The summed E-state index contributed by atoms with van der Waals surface area (Å²) in [5, 5.41) is 10.2. The lowest BCUT2D eigenvalue weighted by Crippen LogP contribution is -2.04. The summed E-state index contributed by atoms with van der Waals surface area (Å²) in [4.78, 5) is 20.6. The van der Waals surface area contributed by atoms with Crippen LogP contribution in [-0.4, -0.2) is 18.0 Å². The number of benzene rings is 1. The molecule has 0 aliphatic carbocycles. The molecule has 0 spiro atoms. The molecule has 0 radical (unpaired) electrons. The number of hydrogen-bond acceptors (Lipinski definition) is 5. The molecule has 1 rings (SSSR count). The predicted molar refractivity (Wildman–Crippen MR) is 68.0 cm³/mol. The second-order valence-electron chi connectivity index (χ2n) is 3.23. The molecule has 0 aliphatic rings. The number of ether oxygens (including phenoxy) is 2. The van der Waals surface area contributed by atoms with Crippen LogP contribution < -0.4 is 9.47 Å². The molecule has 0 N–H and O–H groups in total. The van der Waals surface area contributed by atoms with Gasteiger partial charge in [-0.15, -0.1) is 0 Å². The smallest absolute Gasteiger partial charge is 0.308 e. The van der Waals surface area contributed by atoms with E-state index >= 15 is 0 Å². The zero-order valence-electron chi connectivity index (χ0n) is 9.68. The Morgan fingerprint density at radius 3 is 2.67 bits per heavy atom. The zero-order chi connectivity index (χ0) is 13.7. The van der Waals surface area contributed by atoms with Crippen molar-refractivity contribution in [1.29, 1.82) is 0 Å². The van der Waals surface area contributed by atoms with Crippen LogP contribution in [-0.2, 0) is 4.79 Å². The monoisotopic (exact) mass is 315 g/mol.